The molecule has 0 aliphatic carbocycles. The van der Waals surface area contributed by atoms with Gasteiger partial charge in [-0.25, -0.2) is 4.98 Å². The molecule has 1 aliphatic rings. The molecule has 2 heterocycles. The van der Waals surface area contributed by atoms with E-state index in [-0.39, 0.29) is 35.6 Å². The number of thiazole rings is 1. The van der Waals surface area contributed by atoms with Crippen LogP contribution in [0.2, 0.25) is 0 Å². The molecular weight excluding hydrogens is 400 g/mol. The molecule has 1 atom stereocenters. The second-order valence-corrected chi connectivity index (χ2v) is 8.04. The minimum Gasteiger partial charge on any atom is -0.434 e. The van der Waals surface area contributed by atoms with Gasteiger partial charge in [0.25, 0.3) is 5.91 Å². The second kappa shape index (κ2) is 9.30. The van der Waals surface area contributed by atoms with Crippen LogP contribution in [0.4, 0.5) is 13.9 Å². The summed E-state index contributed by atoms with van der Waals surface area (Å²) in [6, 6.07) is 5.91. The quantitative estimate of drug-likeness (QED) is 0.750. The van der Waals surface area contributed by atoms with E-state index in [2.05, 4.69) is 15.0 Å². The van der Waals surface area contributed by atoms with Gasteiger partial charge in [-0.2, -0.15) is 8.78 Å². The lowest BCUT2D eigenvalue weighted by Crippen LogP contribution is -2.43. The number of piperidine rings is 1. The maximum Gasteiger partial charge on any atom is 0.387 e. The Bertz CT molecular complexity index is 872. The monoisotopic (exact) mass is 423 g/mol. The molecule has 0 unspecified atom stereocenters. The molecule has 29 heavy (non-hydrogen) atoms. The van der Waals surface area contributed by atoms with Gasteiger partial charge >= 0.3 is 6.61 Å². The molecule has 1 aromatic heterocycles. The molecule has 1 fully saturated rings. The maximum atomic E-state index is 12.9. The van der Waals surface area contributed by atoms with Crippen LogP contribution in [0.1, 0.15) is 48.7 Å². The summed E-state index contributed by atoms with van der Waals surface area (Å²) in [7, 11) is 0. The Morgan fingerprint density at radius 1 is 1.31 bits per heavy atom. The maximum absolute atomic E-state index is 12.9. The minimum atomic E-state index is -3.02. The van der Waals surface area contributed by atoms with Crippen LogP contribution in [0.3, 0.4) is 0 Å². The van der Waals surface area contributed by atoms with E-state index in [0.717, 1.165) is 5.69 Å². The third-order valence-corrected chi connectivity index (χ3v) is 5.53. The van der Waals surface area contributed by atoms with Crippen LogP contribution < -0.4 is 10.1 Å². The molecule has 0 bridgehead atoms. The van der Waals surface area contributed by atoms with Crippen molar-refractivity contribution in [3.8, 4) is 5.75 Å². The number of carbonyl (C=O) groups is 2. The molecule has 0 spiro atoms. The van der Waals surface area contributed by atoms with Gasteiger partial charge in [-0.05, 0) is 30.9 Å². The number of carbonyl (C=O) groups excluding carboxylic acids is 2. The summed E-state index contributed by atoms with van der Waals surface area (Å²) in [4.78, 5) is 31.4. The van der Waals surface area contributed by atoms with Crippen LogP contribution >= 0.6 is 11.3 Å². The first-order valence-electron chi connectivity index (χ1n) is 9.44. The number of anilines is 1. The number of hydrogen-bond acceptors (Lipinski definition) is 5. The third-order valence-electron chi connectivity index (χ3n) is 4.76. The van der Waals surface area contributed by atoms with Crippen LogP contribution in [0, 0.1) is 5.92 Å². The molecular formula is C20H23F2N3O3S. The topological polar surface area (TPSA) is 71.5 Å². The summed E-state index contributed by atoms with van der Waals surface area (Å²) in [6.07, 6.45) is 1.30. The number of nitrogens with zero attached hydrogens (tertiary/aromatic N) is 2. The number of likely N-dealkylation sites (tertiary alicyclic amines) is 1. The third kappa shape index (κ3) is 5.29. The van der Waals surface area contributed by atoms with E-state index in [0.29, 0.717) is 24.5 Å². The van der Waals surface area contributed by atoms with Gasteiger partial charge in [-0.3, -0.25) is 9.59 Å². The van der Waals surface area contributed by atoms with Crippen molar-refractivity contribution in [2.75, 3.05) is 18.4 Å². The Hall–Kier alpha value is -2.55. The number of benzene rings is 1. The normalized spacial score (nSPS) is 16.9. The van der Waals surface area contributed by atoms with Gasteiger partial charge in [-0.1, -0.05) is 26.0 Å². The van der Waals surface area contributed by atoms with Gasteiger partial charge in [0.2, 0.25) is 5.91 Å². The van der Waals surface area contributed by atoms with Gasteiger partial charge in [-0.15, -0.1) is 11.3 Å². The highest BCUT2D eigenvalue weighted by Gasteiger charge is 2.30. The average molecular weight is 423 g/mol. The number of halogens is 2. The van der Waals surface area contributed by atoms with Crippen molar-refractivity contribution < 1.29 is 23.1 Å². The second-order valence-electron chi connectivity index (χ2n) is 7.19. The number of hydrogen-bond donors (Lipinski definition) is 1. The van der Waals surface area contributed by atoms with Crippen molar-refractivity contribution in [3.63, 3.8) is 0 Å². The summed E-state index contributed by atoms with van der Waals surface area (Å²) in [5, 5.41) is 5.28. The zero-order valence-electron chi connectivity index (χ0n) is 16.2. The predicted octanol–water partition coefficient (Wildman–Crippen LogP) is 4.36. The van der Waals surface area contributed by atoms with Crippen LogP contribution in [-0.4, -0.2) is 41.4 Å². The Kier molecular flexibility index (Phi) is 6.79. The molecule has 1 saturated heterocycles. The summed E-state index contributed by atoms with van der Waals surface area (Å²) >= 11 is 1.37. The van der Waals surface area contributed by atoms with Gasteiger partial charge in [0.1, 0.15) is 5.75 Å². The summed E-state index contributed by atoms with van der Waals surface area (Å²) in [5.74, 6) is -0.889. The fourth-order valence-electron chi connectivity index (χ4n) is 3.20. The van der Waals surface area contributed by atoms with E-state index >= 15 is 0 Å². The molecule has 1 aromatic carbocycles. The number of ether oxygens (including phenoxy) is 1. The average Bonchev–Trinajstić information content (AvgIpc) is 3.16. The van der Waals surface area contributed by atoms with Gasteiger partial charge in [0, 0.05) is 18.5 Å². The van der Waals surface area contributed by atoms with Crippen molar-refractivity contribution >= 4 is 28.3 Å². The Balaban J connectivity index is 1.67. The van der Waals surface area contributed by atoms with Crippen LogP contribution in [0.15, 0.2) is 29.6 Å². The number of amides is 2. The standard InChI is InChI=1S/C20H23F2N3O3S/c1-12(2)15-11-29-20(23-15)24-17(26)13-6-5-9-25(10-13)18(27)14-7-3-4-8-16(14)28-19(21)22/h3-4,7-8,11-13,19H,5-6,9-10H2,1-2H3,(H,23,24,26)/t13-/m1/s1. The van der Waals surface area contributed by atoms with Gasteiger partial charge < -0.3 is 15.0 Å². The largest absolute Gasteiger partial charge is 0.434 e. The predicted molar refractivity (Wildman–Crippen MR) is 107 cm³/mol. The molecule has 2 amide bonds. The fourth-order valence-corrected chi connectivity index (χ4v) is 4.08. The number of rotatable bonds is 6. The van der Waals surface area contributed by atoms with Gasteiger partial charge in [0.15, 0.2) is 5.13 Å². The highest BCUT2D eigenvalue weighted by atomic mass is 32.1. The number of para-hydroxylation sites is 1. The summed E-state index contributed by atoms with van der Waals surface area (Å²) in [5.41, 5.74) is 0.983. The number of alkyl halides is 2. The Morgan fingerprint density at radius 3 is 2.76 bits per heavy atom. The van der Waals surface area contributed by atoms with Crippen LogP contribution in [0.5, 0.6) is 5.75 Å². The van der Waals surface area contributed by atoms with Gasteiger partial charge in [0.05, 0.1) is 17.2 Å². The van der Waals surface area contributed by atoms with Crippen molar-refractivity contribution in [3.05, 3.63) is 40.9 Å². The molecule has 3 rings (SSSR count). The number of aromatic nitrogens is 1. The van der Waals surface area contributed by atoms with Crippen molar-refractivity contribution in [2.45, 2.75) is 39.2 Å². The Labute approximate surface area is 171 Å². The van der Waals surface area contributed by atoms with Crippen molar-refractivity contribution in [2.24, 2.45) is 5.92 Å². The molecule has 156 valence electrons. The molecule has 1 N–H and O–H groups in total. The summed E-state index contributed by atoms with van der Waals surface area (Å²) < 4.78 is 29.7. The van der Waals surface area contributed by atoms with E-state index in [9.17, 15) is 18.4 Å². The molecule has 1 aliphatic heterocycles. The lowest BCUT2D eigenvalue weighted by atomic mass is 9.96. The minimum absolute atomic E-state index is 0.0651. The Morgan fingerprint density at radius 2 is 2.07 bits per heavy atom. The van der Waals surface area contributed by atoms with Crippen LogP contribution in [-0.2, 0) is 4.79 Å². The lowest BCUT2D eigenvalue weighted by molar-refractivity contribution is -0.121. The fraction of sp³-hybridized carbons (Fsp3) is 0.450. The smallest absolute Gasteiger partial charge is 0.387 e. The summed E-state index contributed by atoms with van der Waals surface area (Å²) in [6.45, 7) is 1.72. The SMILES string of the molecule is CC(C)c1csc(NC(=O)[C@@H]2CCCN(C(=O)c3ccccc3OC(F)F)C2)n1. The first-order valence-corrected chi connectivity index (χ1v) is 10.3. The van der Waals surface area contributed by atoms with Crippen molar-refractivity contribution in [1.82, 2.24) is 9.88 Å². The molecule has 0 radical (unpaired) electrons. The van der Waals surface area contributed by atoms with E-state index in [1.165, 1.54) is 34.4 Å². The zero-order chi connectivity index (χ0) is 21.0. The highest BCUT2D eigenvalue weighted by Crippen LogP contribution is 2.27. The zero-order valence-corrected chi connectivity index (χ0v) is 17.0. The van der Waals surface area contributed by atoms with E-state index < -0.39 is 12.5 Å². The van der Waals surface area contributed by atoms with Crippen LogP contribution in [0.25, 0.3) is 0 Å². The lowest BCUT2D eigenvalue weighted by Gasteiger charge is -2.32. The van der Waals surface area contributed by atoms with E-state index in [1.807, 2.05) is 19.2 Å². The molecule has 2 aromatic rings. The molecule has 9 heteroatoms. The van der Waals surface area contributed by atoms with Crippen molar-refractivity contribution in [1.29, 1.82) is 0 Å². The first-order chi connectivity index (χ1) is 13.8. The van der Waals surface area contributed by atoms with E-state index in [4.69, 9.17) is 0 Å². The molecule has 0 saturated carbocycles. The highest BCUT2D eigenvalue weighted by molar-refractivity contribution is 7.13. The number of nitrogens with one attached hydrogen (secondary N) is 1. The molecule has 6 nitrogen and oxygen atoms in total. The van der Waals surface area contributed by atoms with E-state index in [1.54, 1.807) is 6.07 Å². The first kappa shape index (κ1) is 21.2.